The predicted molar refractivity (Wildman–Crippen MR) is 140 cm³/mol. The molecule has 162 valence electrons. The third-order valence-electron chi connectivity index (χ3n) is 8.65. The molecule has 0 atom stereocenters. The molecule has 3 aliphatic carbocycles. The molecule has 2 heteroatoms. The smallest absolute Gasteiger partial charge is 0.197 e. The van der Waals surface area contributed by atoms with Crippen LogP contribution in [0.3, 0.4) is 0 Å². The van der Waals surface area contributed by atoms with E-state index in [1.165, 1.54) is 44.6 Å². The van der Waals surface area contributed by atoms with Crippen LogP contribution in [0.1, 0.15) is 44.9 Å². The Morgan fingerprint density at radius 1 is 0.571 bits per heavy atom. The second kappa shape index (κ2) is 5.79. The van der Waals surface area contributed by atoms with Crippen molar-refractivity contribution in [1.82, 2.24) is 4.57 Å². The minimum atomic E-state index is -0.442. The summed E-state index contributed by atoms with van der Waals surface area (Å²) >= 11 is 0. The van der Waals surface area contributed by atoms with Crippen LogP contribution < -0.4 is 5.43 Å². The molecule has 0 fully saturated rings. The Labute approximate surface area is 201 Å². The van der Waals surface area contributed by atoms with E-state index in [0.29, 0.717) is 0 Å². The van der Waals surface area contributed by atoms with Crippen molar-refractivity contribution in [3.05, 3.63) is 158 Å². The summed E-state index contributed by atoms with van der Waals surface area (Å²) in [6.45, 7) is 0. The number of para-hydroxylation sites is 2. The monoisotopic (exact) mass is 445 g/mol. The first-order valence-electron chi connectivity index (χ1n) is 12.2. The lowest BCUT2D eigenvalue weighted by atomic mass is 9.49. The van der Waals surface area contributed by atoms with Crippen LogP contribution in [0.2, 0.25) is 0 Å². The van der Waals surface area contributed by atoms with Crippen molar-refractivity contribution >= 4 is 21.8 Å². The molecule has 1 spiro atoms. The van der Waals surface area contributed by atoms with Gasteiger partial charge in [-0.15, -0.1) is 0 Å². The third kappa shape index (κ3) is 1.77. The van der Waals surface area contributed by atoms with Gasteiger partial charge in [-0.25, -0.2) is 0 Å². The van der Waals surface area contributed by atoms with Crippen LogP contribution in [-0.4, -0.2) is 4.57 Å². The van der Waals surface area contributed by atoms with Crippen molar-refractivity contribution in [3.8, 4) is 5.69 Å². The second-order valence-electron chi connectivity index (χ2n) is 9.98. The molecule has 2 nitrogen and oxygen atoms in total. The number of aromatic nitrogens is 1. The van der Waals surface area contributed by atoms with Gasteiger partial charge in [0.15, 0.2) is 5.43 Å². The molecule has 1 aromatic heterocycles. The van der Waals surface area contributed by atoms with E-state index in [1.54, 1.807) is 0 Å². The van der Waals surface area contributed by atoms with E-state index < -0.39 is 5.41 Å². The van der Waals surface area contributed by atoms with Crippen molar-refractivity contribution in [3.63, 3.8) is 0 Å². The minimum Gasteiger partial charge on any atom is -0.308 e. The summed E-state index contributed by atoms with van der Waals surface area (Å²) in [5, 5.41) is 1.56. The van der Waals surface area contributed by atoms with Gasteiger partial charge in [0.25, 0.3) is 0 Å². The molecule has 0 unspecified atom stereocenters. The molecular formula is C33H19NO. The highest BCUT2D eigenvalue weighted by Gasteiger charge is 2.56. The first-order chi connectivity index (χ1) is 17.3. The maximum absolute atomic E-state index is 13.8. The van der Waals surface area contributed by atoms with E-state index in [9.17, 15) is 4.79 Å². The molecule has 0 amide bonds. The maximum atomic E-state index is 13.8. The molecule has 2 bridgehead atoms. The summed E-state index contributed by atoms with van der Waals surface area (Å²) < 4.78 is 2.36. The zero-order valence-electron chi connectivity index (χ0n) is 18.8. The van der Waals surface area contributed by atoms with Crippen molar-refractivity contribution in [2.24, 2.45) is 0 Å². The van der Waals surface area contributed by atoms with Crippen LogP contribution >= 0.6 is 0 Å². The van der Waals surface area contributed by atoms with Gasteiger partial charge in [-0.1, -0.05) is 84.9 Å². The third-order valence-corrected chi connectivity index (χ3v) is 8.65. The fourth-order valence-corrected chi connectivity index (χ4v) is 7.56. The fourth-order valence-electron chi connectivity index (χ4n) is 7.56. The molecule has 6 aromatic rings. The van der Waals surface area contributed by atoms with E-state index in [-0.39, 0.29) is 11.3 Å². The fraction of sp³-hybridized carbons (Fsp3) is 0.0606. The number of benzene rings is 5. The van der Waals surface area contributed by atoms with Crippen LogP contribution in [0.5, 0.6) is 0 Å². The summed E-state index contributed by atoms with van der Waals surface area (Å²) in [5.41, 5.74) is 12.3. The molecule has 0 radical (unpaired) electrons. The number of nitrogens with zero attached hydrogens (tertiary/aromatic N) is 1. The number of rotatable bonds is 0. The molecule has 1 aliphatic heterocycles. The topological polar surface area (TPSA) is 22.0 Å². The van der Waals surface area contributed by atoms with E-state index in [2.05, 4.69) is 89.5 Å². The average molecular weight is 446 g/mol. The average Bonchev–Trinajstić information content (AvgIpc) is 2.93. The Morgan fingerprint density at radius 3 is 1.97 bits per heavy atom. The second-order valence-corrected chi connectivity index (χ2v) is 9.98. The van der Waals surface area contributed by atoms with Gasteiger partial charge in [0.1, 0.15) is 0 Å². The molecule has 5 aromatic carbocycles. The largest absolute Gasteiger partial charge is 0.308 e. The first kappa shape index (κ1) is 18.0. The molecule has 4 aliphatic rings. The Hall–Kier alpha value is -4.43. The lowest BCUT2D eigenvalue weighted by Crippen LogP contribution is -2.46. The van der Waals surface area contributed by atoms with E-state index in [0.717, 1.165) is 21.8 Å². The quantitative estimate of drug-likeness (QED) is 0.240. The Morgan fingerprint density at radius 2 is 1.17 bits per heavy atom. The van der Waals surface area contributed by atoms with Crippen LogP contribution in [0, 0.1) is 0 Å². The summed E-state index contributed by atoms with van der Waals surface area (Å²) in [6, 6.07) is 39.0. The minimum absolute atomic E-state index is 0.107. The van der Waals surface area contributed by atoms with Crippen LogP contribution in [0.15, 0.2) is 114 Å². The maximum Gasteiger partial charge on any atom is 0.197 e. The summed E-state index contributed by atoms with van der Waals surface area (Å²) in [5.74, 6) is 0.214. The van der Waals surface area contributed by atoms with Crippen LogP contribution in [-0.2, 0) is 5.41 Å². The molecule has 0 saturated carbocycles. The Kier molecular flexibility index (Phi) is 2.97. The Balaban J connectivity index is 1.65. The van der Waals surface area contributed by atoms with Crippen molar-refractivity contribution in [1.29, 1.82) is 0 Å². The van der Waals surface area contributed by atoms with Gasteiger partial charge in [-0.3, -0.25) is 4.79 Å². The van der Waals surface area contributed by atoms with Gasteiger partial charge >= 0.3 is 0 Å². The van der Waals surface area contributed by atoms with Crippen molar-refractivity contribution in [2.45, 2.75) is 11.3 Å². The lowest BCUT2D eigenvalue weighted by Gasteiger charge is -2.53. The van der Waals surface area contributed by atoms with Crippen molar-refractivity contribution < 1.29 is 0 Å². The first-order valence-corrected chi connectivity index (χ1v) is 12.2. The van der Waals surface area contributed by atoms with Crippen molar-refractivity contribution in [2.75, 3.05) is 0 Å². The van der Waals surface area contributed by atoms with E-state index >= 15 is 0 Å². The van der Waals surface area contributed by atoms with Gasteiger partial charge in [0.2, 0.25) is 0 Å². The van der Waals surface area contributed by atoms with Gasteiger partial charge in [-0.2, -0.15) is 0 Å². The highest BCUT2D eigenvalue weighted by Crippen LogP contribution is 2.65. The van der Waals surface area contributed by atoms with Gasteiger partial charge < -0.3 is 4.57 Å². The predicted octanol–water partition coefficient (Wildman–Crippen LogP) is 6.65. The number of hydrogen-bond donors (Lipinski definition) is 0. The van der Waals surface area contributed by atoms with Gasteiger partial charge in [0.05, 0.1) is 22.1 Å². The standard InChI is InChI=1S/C33H19NO/c35-32-21-11-3-6-17-27(21)34-28-18-8-12-22-29-19-9-1-4-14-24(19)33(30(22)28,25-15-5-2-10-20(25)29)26-16-7-13-23(32)31(26)34/h1-18,29H. The summed E-state index contributed by atoms with van der Waals surface area (Å²) in [4.78, 5) is 13.8. The summed E-state index contributed by atoms with van der Waals surface area (Å²) in [6.07, 6.45) is 0. The van der Waals surface area contributed by atoms with Gasteiger partial charge in [0, 0.05) is 16.7 Å². The molecule has 2 heterocycles. The van der Waals surface area contributed by atoms with Gasteiger partial charge in [-0.05, 0) is 63.2 Å². The zero-order chi connectivity index (χ0) is 22.9. The molecule has 35 heavy (non-hydrogen) atoms. The Bertz CT molecular complexity index is 1950. The molecule has 0 N–H and O–H groups in total. The highest BCUT2D eigenvalue weighted by atomic mass is 16.1. The van der Waals surface area contributed by atoms with Crippen LogP contribution in [0.4, 0.5) is 0 Å². The molecular weight excluding hydrogens is 426 g/mol. The summed E-state index contributed by atoms with van der Waals surface area (Å²) in [7, 11) is 0. The number of hydrogen-bond acceptors (Lipinski definition) is 1. The normalized spacial score (nSPS) is 19.9. The number of fused-ring (bicyclic) bond motifs is 3. The zero-order valence-corrected chi connectivity index (χ0v) is 18.8. The highest BCUT2D eigenvalue weighted by molar-refractivity contribution is 6.01. The van der Waals surface area contributed by atoms with E-state index in [4.69, 9.17) is 0 Å². The lowest BCUT2D eigenvalue weighted by molar-refractivity contribution is 0.619. The number of pyridine rings is 1. The molecule has 0 saturated heterocycles. The SMILES string of the molecule is O=c1c2ccccc2n2c3c(cccc13)C13c4ccccc4C(c4ccccc41)c1cccc-2c13. The molecule has 10 rings (SSSR count). The van der Waals surface area contributed by atoms with Crippen LogP contribution in [0.25, 0.3) is 27.5 Å². The van der Waals surface area contributed by atoms with E-state index in [1.807, 2.05) is 24.3 Å².